The van der Waals surface area contributed by atoms with Crippen LogP contribution in [0.1, 0.15) is 6.42 Å². The first-order valence-corrected chi connectivity index (χ1v) is 5.23. The molecule has 1 aliphatic rings. The van der Waals surface area contributed by atoms with Gasteiger partial charge in [0.25, 0.3) is 11.5 Å². The maximum Gasteiger partial charge on any atom is 0.295 e. The Hall–Kier alpha value is -2.38. The van der Waals surface area contributed by atoms with Crippen LogP contribution in [-0.2, 0) is 9.59 Å². The lowest BCUT2D eigenvalue weighted by Crippen LogP contribution is -2.32. The second-order valence-corrected chi connectivity index (χ2v) is 3.81. The number of carbonyl (C=O) groups is 2. The maximum absolute atomic E-state index is 11.7. The standard InChI is InChI=1S/C10H12N4O4/c1-14-6(15)3-5(10(14)17)13-8-7(18-2)9(16)12-4-11-8/h4-5H,3H2,1-2H3,(H2,11,12,13,16). The van der Waals surface area contributed by atoms with Crippen LogP contribution in [0, 0.1) is 0 Å². The van der Waals surface area contributed by atoms with E-state index in [9.17, 15) is 14.4 Å². The van der Waals surface area contributed by atoms with Gasteiger partial charge in [-0.3, -0.25) is 19.3 Å². The summed E-state index contributed by atoms with van der Waals surface area (Å²) >= 11 is 0. The second-order valence-electron chi connectivity index (χ2n) is 3.81. The van der Waals surface area contributed by atoms with Crippen molar-refractivity contribution in [2.45, 2.75) is 12.5 Å². The van der Waals surface area contributed by atoms with Gasteiger partial charge in [0.15, 0.2) is 5.82 Å². The maximum atomic E-state index is 11.7. The second kappa shape index (κ2) is 4.47. The van der Waals surface area contributed by atoms with Crippen LogP contribution in [0.3, 0.4) is 0 Å². The van der Waals surface area contributed by atoms with E-state index in [1.54, 1.807) is 0 Å². The number of likely N-dealkylation sites (N-methyl/N-ethyl adjacent to an activating group) is 1. The highest BCUT2D eigenvalue weighted by atomic mass is 16.5. The van der Waals surface area contributed by atoms with Gasteiger partial charge >= 0.3 is 0 Å². The molecule has 1 atom stereocenters. The number of imide groups is 1. The molecule has 2 N–H and O–H groups in total. The Balaban J connectivity index is 2.26. The molecule has 8 heteroatoms. The summed E-state index contributed by atoms with van der Waals surface area (Å²) in [6.45, 7) is 0. The van der Waals surface area contributed by atoms with Crippen molar-refractivity contribution in [3.05, 3.63) is 16.7 Å². The zero-order valence-electron chi connectivity index (χ0n) is 9.89. The number of nitrogens with one attached hydrogen (secondary N) is 2. The number of aromatic nitrogens is 2. The molecule has 1 saturated heterocycles. The molecule has 2 amide bonds. The van der Waals surface area contributed by atoms with Gasteiger partial charge in [0.05, 0.1) is 19.9 Å². The van der Waals surface area contributed by atoms with E-state index >= 15 is 0 Å². The van der Waals surface area contributed by atoms with Crippen LogP contribution in [0.4, 0.5) is 5.82 Å². The lowest BCUT2D eigenvalue weighted by molar-refractivity contribution is -0.136. The third-order valence-electron chi connectivity index (χ3n) is 2.71. The summed E-state index contributed by atoms with van der Waals surface area (Å²) in [5, 5.41) is 2.74. The van der Waals surface area contributed by atoms with Crippen molar-refractivity contribution in [2.24, 2.45) is 0 Å². The molecule has 0 spiro atoms. The third kappa shape index (κ3) is 1.92. The van der Waals surface area contributed by atoms with Crippen molar-refractivity contribution in [3.8, 4) is 5.75 Å². The molecule has 1 aliphatic heterocycles. The fourth-order valence-corrected chi connectivity index (χ4v) is 1.71. The van der Waals surface area contributed by atoms with Gasteiger partial charge in [0.1, 0.15) is 6.04 Å². The highest BCUT2D eigenvalue weighted by Gasteiger charge is 2.36. The Morgan fingerprint density at radius 3 is 2.78 bits per heavy atom. The number of nitrogens with zero attached hydrogens (tertiary/aromatic N) is 2. The predicted octanol–water partition coefficient (Wildman–Crippen LogP) is -1.05. The van der Waals surface area contributed by atoms with Crippen LogP contribution < -0.4 is 15.6 Å². The predicted molar refractivity (Wildman–Crippen MR) is 61.2 cm³/mol. The van der Waals surface area contributed by atoms with E-state index in [-0.39, 0.29) is 29.8 Å². The third-order valence-corrected chi connectivity index (χ3v) is 2.71. The van der Waals surface area contributed by atoms with E-state index in [1.165, 1.54) is 20.5 Å². The summed E-state index contributed by atoms with van der Waals surface area (Å²) in [5.74, 6) is -0.513. The molecule has 2 rings (SSSR count). The molecule has 2 heterocycles. The molecule has 0 bridgehead atoms. The Bertz CT molecular complexity index is 553. The van der Waals surface area contributed by atoms with E-state index in [1.807, 2.05) is 0 Å². The van der Waals surface area contributed by atoms with Gasteiger partial charge in [0, 0.05) is 7.05 Å². The van der Waals surface area contributed by atoms with Crippen molar-refractivity contribution >= 4 is 17.6 Å². The first kappa shape index (κ1) is 12.1. The number of carbonyl (C=O) groups excluding carboxylic acids is 2. The number of H-pyrrole nitrogens is 1. The largest absolute Gasteiger partial charge is 0.489 e. The van der Waals surface area contributed by atoms with Crippen LogP contribution in [0.25, 0.3) is 0 Å². The minimum atomic E-state index is -0.717. The zero-order valence-corrected chi connectivity index (χ0v) is 9.89. The average Bonchev–Trinajstić information content (AvgIpc) is 2.57. The van der Waals surface area contributed by atoms with Gasteiger partial charge in [-0.05, 0) is 0 Å². The van der Waals surface area contributed by atoms with Crippen LogP contribution >= 0.6 is 0 Å². The summed E-state index contributed by atoms with van der Waals surface area (Å²) in [5.41, 5.74) is -0.458. The summed E-state index contributed by atoms with van der Waals surface area (Å²) in [6, 6.07) is -0.717. The van der Waals surface area contributed by atoms with E-state index < -0.39 is 11.6 Å². The Morgan fingerprint density at radius 1 is 1.50 bits per heavy atom. The quantitative estimate of drug-likeness (QED) is 0.665. The summed E-state index contributed by atoms with van der Waals surface area (Å²) in [4.78, 5) is 41.8. The van der Waals surface area contributed by atoms with Gasteiger partial charge in [0.2, 0.25) is 11.7 Å². The molecule has 8 nitrogen and oxygen atoms in total. The van der Waals surface area contributed by atoms with Crippen LogP contribution in [0.2, 0.25) is 0 Å². The number of ether oxygens (including phenoxy) is 1. The fraction of sp³-hybridized carbons (Fsp3) is 0.400. The topological polar surface area (TPSA) is 104 Å². The van der Waals surface area contributed by atoms with Crippen molar-refractivity contribution in [2.75, 3.05) is 19.5 Å². The number of hydrogen-bond acceptors (Lipinski definition) is 6. The Morgan fingerprint density at radius 2 is 2.22 bits per heavy atom. The minimum Gasteiger partial charge on any atom is -0.489 e. The fourth-order valence-electron chi connectivity index (χ4n) is 1.71. The number of hydrogen-bond donors (Lipinski definition) is 2. The molecular formula is C10H12N4O4. The number of aromatic amines is 1. The van der Waals surface area contributed by atoms with Crippen molar-refractivity contribution in [1.29, 1.82) is 0 Å². The monoisotopic (exact) mass is 252 g/mol. The average molecular weight is 252 g/mol. The highest BCUT2D eigenvalue weighted by molar-refractivity contribution is 6.06. The number of likely N-dealkylation sites (tertiary alicyclic amines) is 1. The zero-order chi connectivity index (χ0) is 13.3. The van der Waals surface area contributed by atoms with Gasteiger partial charge in [-0.25, -0.2) is 4.98 Å². The molecular weight excluding hydrogens is 240 g/mol. The van der Waals surface area contributed by atoms with Crippen molar-refractivity contribution < 1.29 is 14.3 Å². The van der Waals surface area contributed by atoms with Gasteiger partial charge in [-0.1, -0.05) is 0 Å². The smallest absolute Gasteiger partial charge is 0.295 e. The van der Waals surface area contributed by atoms with E-state index in [0.717, 1.165) is 4.90 Å². The number of rotatable bonds is 3. The summed E-state index contributed by atoms with van der Waals surface area (Å²) < 4.78 is 4.90. The van der Waals surface area contributed by atoms with E-state index in [4.69, 9.17) is 4.74 Å². The molecule has 0 saturated carbocycles. The summed E-state index contributed by atoms with van der Waals surface area (Å²) in [7, 11) is 2.74. The van der Waals surface area contributed by atoms with E-state index in [2.05, 4.69) is 15.3 Å². The molecule has 1 aromatic rings. The van der Waals surface area contributed by atoms with Crippen LogP contribution in [-0.4, -0.2) is 46.9 Å². The number of methoxy groups -OCH3 is 1. The first-order chi connectivity index (χ1) is 8.54. The Kier molecular flexibility index (Phi) is 3.00. The van der Waals surface area contributed by atoms with Gasteiger partial charge in [-0.2, -0.15) is 0 Å². The van der Waals surface area contributed by atoms with E-state index in [0.29, 0.717) is 0 Å². The lowest BCUT2D eigenvalue weighted by atomic mass is 10.2. The Labute approximate surface area is 102 Å². The van der Waals surface area contributed by atoms with Crippen LogP contribution in [0.5, 0.6) is 5.75 Å². The minimum absolute atomic E-state index is 0.0210. The number of amides is 2. The first-order valence-electron chi connectivity index (χ1n) is 5.23. The van der Waals surface area contributed by atoms with Gasteiger partial charge < -0.3 is 15.0 Å². The number of anilines is 1. The molecule has 18 heavy (non-hydrogen) atoms. The normalized spacial score (nSPS) is 19.2. The molecule has 0 aliphatic carbocycles. The van der Waals surface area contributed by atoms with Crippen molar-refractivity contribution in [1.82, 2.24) is 14.9 Å². The molecule has 96 valence electrons. The van der Waals surface area contributed by atoms with Crippen LogP contribution in [0.15, 0.2) is 11.1 Å². The lowest BCUT2D eigenvalue weighted by Gasteiger charge is -2.13. The summed E-state index contributed by atoms with van der Waals surface area (Å²) in [6.07, 6.45) is 1.23. The molecule has 0 aromatic carbocycles. The SMILES string of the molecule is COc1c(NC2CC(=O)N(C)C2=O)nc[nH]c1=O. The highest BCUT2D eigenvalue weighted by Crippen LogP contribution is 2.20. The molecule has 1 fully saturated rings. The van der Waals surface area contributed by atoms with Crippen molar-refractivity contribution in [3.63, 3.8) is 0 Å². The molecule has 0 radical (unpaired) electrons. The van der Waals surface area contributed by atoms with Gasteiger partial charge in [-0.15, -0.1) is 0 Å². The molecule has 1 unspecified atom stereocenters. The molecule has 1 aromatic heterocycles.